The van der Waals surface area contributed by atoms with E-state index in [9.17, 15) is 14.7 Å². The number of urea groups is 1. The highest BCUT2D eigenvalue weighted by Crippen LogP contribution is 2.18. The van der Waals surface area contributed by atoms with E-state index >= 15 is 0 Å². The van der Waals surface area contributed by atoms with Gasteiger partial charge in [0, 0.05) is 26.1 Å². The molecule has 0 spiro atoms. The van der Waals surface area contributed by atoms with Crippen molar-refractivity contribution in [2.45, 2.75) is 38.3 Å². The largest absolute Gasteiger partial charge is 0.480 e. The summed E-state index contributed by atoms with van der Waals surface area (Å²) in [5, 5.41) is 21.4. The van der Waals surface area contributed by atoms with Crippen molar-refractivity contribution < 1.29 is 19.8 Å². The molecule has 3 atom stereocenters. The number of nitrogens with one attached hydrogen (secondary N) is 1. The predicted molar refractivity (Wildman–Crippen MR) is 77.0 cm³/mol. The van der Waals surface area contributed by atoms with Crippen LogP contribution in [0.3, 0.4) is 0 Å². The maximum atomic E-state index is 12.1. The summed E-state index contributed by atoms with van der Waals surface area (Å²) in [6, 6.07) is -1.32. The number of carbonyl (C=O) groups excluding carboxylic acids is 1. The first-order valence-electron chi connectivity index (χ1n) is 7.65. The number of carboxylic acid groups (broad SMARTS) is 1. The Morgan fingerprint density at radius 1 is 1.33 bits per heavy atom. The fraction of sp³-hybridized carbons (Fsp3) is 0.857. The average molecular weight is 299 g/mol. The highest BCUT2D eigenvalue weighted by atomic mass is 16.4. The molecule has 2 aliphatic rings. The van der Waals surface area contributed by atoms with Crippen LogP contribution in [-0.4, -0.2) is 76.9 Å². The summed E-state index contributed by atoms with van der Waals surface area (Å²) in [6.07, 6.45) is 1.83. The Morgan fingerprint density at radius 2 is 2.00 bits per heavy atom. The van der Waals surface area contributed by atoms with E-state index in [1.54, 1.807) is 0 Å². The minimum absolute atomic E-state index is 0.0866. The molecule has 7 heteroatoms. The predicted octanol–water partition coefficient (Wildman–Crippen LogP) is -0.0523. The van der Waals surface area contributed by atoms with Gasteiger partial charge in [-0.3, -0.25) is 0 Å². The summed E-state index contributed by atoms with van der Waals surface area (Å²) in [4.78, 5) is 26.8. The fourth-order valence-corrected chi connectivity index (χ4v) is 3.11. The molecule has 7 nitrogen and oxygen atoms in total. The minimum Gasteiger partial charge on any atom is -0.480 e. The van der Waals surface area contributed by atoms with Gasteiger partial charge in [-0.1, -0.05) is 6.92 Å². The van der Waals surface area contributed by atoms with Gasteiger partial charge in [-0.15, -0.1) is 0 Å². The highest BCUT2D eigenvalue weighted by molar-refractivity contribution is 5.83. The summed E-state index contributed by atoms with van der Waals surface area (Å²) in [6.45, 7) is 5.88. The Bertz CT molecular complexity index is 384. The van der Waals surface area contributed by atoms with Crippen LogP contribution in [0.25, 0.3) is 0 Å². The molecule has 2 heterocycles. The zero-order valence-electron chi connectivity index (χ0n) is 12.5. The van der Waals surface area contributed by atoms with E-state index < -0.39 is 24.1 Å². The van der Waals surface area contributed by atoms with Gasteiger partial charge in [-0.2, -0.15) is 0 Å². The monoisotopic (exact) mass is 299 g/mol. The zero-order chi connectivity index (χ0) is 15.4. The van der Waals surface area contributed by atoms with Crippen LogP contribution in [-0.2, 0) is 4.79 Å². The van der Waals surface area contributed by atoms with Crippen molar-refractivity contribution in [1.29, 1.82) is 0 Å². The average Bonchev–Trinajstić information content (AvgIpc) is 3.05. The number of hydrogen-bond donors (Lipinski definition) is 3. The van der Waals surface area contributed by atoms with Crippen molar-refractivity contribution >= 4 is 12.0 Å². The molecular formula is C14H25N3O4. The van der Waals surface area contributed by atoms with Crippen LogP contribution >= 0.6 is 0 Å². The second-order valence-corrected chi connectivity index (χ2v) is 6.19. The molecule has 0 radical (unpaired) electrons. The minimum atomic E-state index is -1.06. The van der Waals surface area contributed by atoms with Crippen LogP contribution in [0.2, 0.25) is 0 Å². The molecule has 120 valence electrons. The Labute approximate surface area is 124 Å². The van der Waals surface area contributed by atoms with E-state index in [1.165, 1.54) is 17.7 Å². The van der Waals surface area contributed by atoms with E-state index in [0.29, 0.717) is 12.5 Å². The molecule has 21 heavy (non-hydrogen) atoms. The smallest absolute Gasteiger partial charge is 0.326 e. The molecule has 0 aromatic carbocycles. The number of nitrogens with zero attached hydrogens (tertiary/aromatic N) is 2. The maximum absolute atomic E-state index is 12.1. The first kappa shape index (κ1) is 16.0. The Morgan fingerprint density at radius 3 is 2.62 bits per heavy atom. The second-order valence-electron chi connectivity index (χ2n) is 6.19. The molecule has 2 rings (SSSR count). The third kappa shape index (κ3) is 4.31. The van der Waals surface area contributed by atoms with Crippen molar-refractivity contribution in [3.05, 3.63) is 0 Å². The summed E-state index contributed by atoms with van der Waals surface area (Å²) in [7, 11) is 0. The van der Waals surface area contributed by atoms with Crippen molar-refractivity contribution in [1.82, 2.24) is 15.1 Å². The number of likely N-dealkylation sites (tertiary alicyclic amines) is 2. The van der Waals surface area contributed by atoms with Gasteiger partial charge in [0.05, 0.1) is 6.10 Å². The summed E-state index contributed by atoms with van der Waals surface area (Å²) in [5.74, 6) is -0.741. The molecule has 0 aromatic rings. The van der Waals surface area contributed by atoms with Crippen molar-refractivity contribution in [3.8, 4) is 0 Å². The molecule has 2 saturated heterocycles. The number of aliphatic carboxylic acids is 1. The number of carboxylic acids is 1. The molecule has 0 aliphatic carbocycles. The van der Waals surface area contributed by atoms with Gasteiger partial charge in [0.2, 0.25) is 0 Å². The summed E-state index contributed by atoms with van der Waals surface area (Å²) >= 11 is 0. The number of amides is 2. The van der Waals surface area contributed by atoms with E-state index in [1.807, 2.05) is 0 Å². The SMILES string of the molecule is CC(CNC(=O)N1C[C@@H](O)C[C@H]1C(=O)O)CN1CCCC1. The van der Waals surface area contributed by atoms with E-state index in [4.69, 9.17) is 5.11 Å². The molecule has 2 amide bonds. The Hall–Kier alpha value is -1.34. The molecule has 0 aromatic heterocycles. The number of rotatable bonds is 5. The molecule has 0 saturated carbocycles. The van der Waals surface area contributed by atoms with Gasteiger partial charge in [-0.05, 0) is 31.8 Å². The summed E-state index contributed by atoms with van der Waals surface area (Å²) < 4.78 is 0. The Balaban J connectivity index is 1.76. The molecule has 2 fully saturated rings. The van der Waals surface area contributed by atoms with Crippen LogP contribution in [0.4, 0.5) is 4.79 Å². The molecule has 3 N–H and O–H groups in total. The van der Waals surface area contributed by atoms with Gasteiger partial charge < -0.3 is 25.3 Å². The standard InChI is InChI=1S/C14H25N3O4/c1-10(8-16-4-2-3-5-16)7-15-14(21)17-9-11(18)6-12(17)13(19)20/h10-12,18H,2-9H2,1H3,(H,15,21)(H,19,20)/t10?,11-,12-/m0/s1. The molecule has 0 bridgehead atoms. The van der Waals surface area contributed by atoms with Crippen LogP contribution in [0.1, 0.15) is 26.2 Å². The number of aliphatic hydroxyl groups is 1. The first-order valence-corrected chi connectivity index (χ1v) is 7.65. The van der Waals surface area contributed by atoms with Crippen molar-refractivity contribution in [2.24, 2.45) is 5.92 Å². The van der Waals surface area contributed by atoms with E-state index in [0.717, 1.165) is 19.6 Å². The zero-order valence-corrected chi connectivity index (χ0v) is 12.5. The van der Waals surface area contributed by atoms with Crippen LogP contribution in [0, 0.1) is 5.92 Å². The lowest BCUT2D eigenvalue weighted by molar-refractivity contribution is -0.141. The van der Waals surface area contributed by atoms with Gasteiger partial charge in [0.15, 0.2) is 0 Å². The highest BCUT2D eigenvalue weighted by Gasteiger charge is 2.38. The van der Waals surface area contributed by atoms with E-state index in [-0.39, 0.29) is 13.0 Å². The lowest BCUT2D eigenvalue weighted by atomic mass is 10.1. The first-order chi connectivity index (χ1) is 9.97. The van der Waals surface area contributed by atoms with Gasteiger partial charge >= 0.3 is 12.0 Å². The second kappa shape index (κ2) is 7.09. The van der Waals surface area contributed by atoms with Gasteiger partial charge in [0.1, 0.15) is 6.04 Å². The number of β-amino-alcohol motifs (C(OH)–C–C–N with tert-alkyl or cyclic N) is 1. The molecule has 2 aliphatic heterocycles. The molecular weight excluding hydrogens is 274 g/mol. The fourth-order valence-electron chi connectivity index (χ4n) is 3.11. The normalized spacial score (nSPS) is 27.8. The van der Waals surface area contributed by atoms with Crippen molar-refractivity contribution in [2.75, 3.05) is 32.7 Å². The molecule has 1 unspecified atom stereocenters. The lowest BCUT2D eigenvalue weighted by Crippen LogP contribution is -2.47. The van der Waals surface area contributed by atoms with Crippen molar-refractivity contribution in [3.63, 3.8) is 0 Å². The number of hydrogen-bond acceptors (Lipinski definition) is 4. The number of carbonyl (C=O) groups is 2. The third-order valence-electron chi connectivity index (χ3n) is 4.20. The lowest BCUT2D eigenvalue weighted by Gasteiger charge is -2.24. The quantitative estimate of drug-likeness (QED) is 0.662. The number of aliphatic hydroxyl groups excluding tert-OH is 1. The van der Waals surface area contributed by atoms with Crippen LogP contribution < -0.4 is 5.32 Å². The summed E-state index contributed by atoms with van der Waals surface area (Å²) in [5.41, 5.74) is 0. The topological polar surface area (TPSA) is 93.1 Å². The van der Waals surface area contributed by atoms with Crippen LogP contribution in [0.5, 0.6) is 0 Å². The van der Waals surface area contributed by atoms with Crippen LogP contribution in [0.15, 0.2) is 0 Å². The third-order valence-corrected chi connectivity index (χ3v) is 4.20. The maximum Gasteiger partial charge on any atom is 0.326 e. The Kier molecular flexibility index (Phi) is 5.41. The van der Waals surface area contributed by atoms with E-state index in [2.05, 4.69) is 17.1 Å². The van der Waals surface area contributed by atoms with Gasteiger partial charge in [-0.25, -0.2) is 9.59 Å². The van der Waals surface area contributed by atoms with Gasteiger partial charge in [0.25, 0.3) is 0 Å².